The molecular weight excluding hydrogens is 206 g/mol. The number of hydrogen-bond donors (Lipinski definition) is 0. The first-order chi connectivity index (χ1) is 8.35. The first-order valence-corrected chi connectivity index (χ1v) is 7.36. The Morgan fingerprint density at radius 3 is 1.53 bits per heavy atom. The molecule has 0 bridgehead atoms. The van der Waals surface area contributed by atoms with Gasteiger partial charge in [-0.05, 0) is 18.8 Å². The van der Waals surface area contributed by atoms with E-state index in [1.165, 1.54) is 64.2 Å². The molecule has 0 fully saturated rings. The highest BCUT2D eigenvalue weighted by atomic mass is 15.1. The Morgan fingerprint density at radius 2 is 1.12 bits per heavy atom. The Bertz CT molecular complexity index is 166. The summed E-state index contributed by atoms with van der Waals surface area (Å²) in [5, 5.41) is 0. The SMILES string of the molecule is C=CN(C=C)CCCCCCCCCCCC. The second-order valence-electron chi connectivity index (χ2n) is 4.78. The van der Waals surface area contributed by atoms with Gasteiger partial charge in [0.05, 0.1) is 0 Å². The maximum absolute atomic E-state index is 3.75. The van der Waals surface area contributed by atoms with Crippen LogP contribution in [-0.2, 0) is 0 Å². The Balaban J connectivity index is 3.08. The van der Waals surface area contributed by atoms with Gasteiger partial charge in [0.1, 0.15) is 0 Å². The lowest BCUT2D eigenvalue weighted by Gasteiger charge is -2.13. The Labute approximate surface area is 109 Å². The van der Waals surface area contributed by atoms with Crippen LogP contribution in [0.2, 0.25) is 0 Å². The van der Waals surface area contributed by atoms with Crippen LogP contribution in [0.3, 0.4) is 0 Å². The van der Waals surface area contributed by atoms with E-state index in [1.807, 2.05) is 12.4 Å². The van der Waals surface area contributed by atoms with Gasteiger partial charge < -0.3 is 4.90 Å². The smallest absolute Gasteiger partial charge is 0.0219 e. The van der Waals surface area contributed by atoms with E-state index in [0.29, 0.717) is 0 Å². The van der Waals surface area contributed by atoms with Crippen LogP contribution < -0.4 is 0 Å². The maximum atomic E-state index is 3.75. The lowest BCUT2D eigenvalue weighted by atomic mass is 10.1. The predicted octanol–water partition coefficient (Wildman–Crippen LogP) is 5.50. The summed E-state index contributed by atoms with van der Waals surface area (Å²) in [5.74, 6) is 0. The highest BCUT2D eigenvalue weighted by Gasteiger charge is 1.94. The molecule has 0 unspecified atom stereocenters. The van der Waals surface area contributed by atoms with Crippen molar-refractivity contribution >= 4 is 0 Å². The second kappa shape index (κ2) is 13.3. The molecule has 1 heteroatoms. The van der Waals surface area contributed by atoms with Crippen molar-refractivity contribution < 1.29 is 0 Å². The van der Waals surface area contributed by atoms with E-state index in [-0.39, 0.29) is 0 Å². The van der Waals surface area contributed by atoms with Crippen molar-refractivity contribution in [1.29, 1.82) is 0 Å². The van der Waals surface area contributed by atoms with E-state index >= 15 is 0 Å². The predicted molar refractivity (Wildman–Crippen MR) is 78.9 cm³/mol. The van der Waals surface area contributed by atoms with Crippen LogP contribution in [-0.4, -0.2) is 11.4 Å². The fourth-order valence-corrected chi connectivity index (χ4v) is 2.04. The van der Waals surface area contributed by atoms with Gasteiger partial charge in [0.25, 0.3) is 0 Å². The Hall–Kier alpha value is -0.720. The summed E-state index contributed by atoms with van der Waals surface area (Å²) in [6, 6.07) is 0. The van der Waals surface area contributed by atoms with E-state index in [9.17, 15) is 0 Å². The summed E-state index contributed by atoms with van der Waals surface area (Å²) in [7, 11) is 0. The molecule has 1 nitrogen and oxygen atoms in total. The maximum Gasteiger partial charge on any atom is 0.0219 e. The highest BCUT2D eigenvalue weighted by molar-refractivity contribution is 4.79. The summed E-state index contributed by atoms with van der Waals surface area (Å²) in [6.45, 7) is 10.8. The summed E-state index contributed by atoms with van der Waals surface area (Å²) in [5.41, 5.74) is 0. The average molecular weight is 237 g/mol. The minimum Gasteiger partial charge on any atom is -0.355 e. The van der Waals surface area contributed by atoms with Crippen LogP contribution in [0.15, 0.2) is 25.6 Å². The molecule has 0 rings (SSSR count). The van der Waals surface area contributed by atoms with Gasteiger partial charge in [-0.3, -0.25) is 0 Å². The first kappa shape index (κ1) is 16.3. The monoisotopic (exact) mass is 237 g/mol. The molecule has 0 N–H and O–H groups in total. The molecule has 0 atom stereocenters. The van der Waals surface area contributed by atoms with Crippen molar-refractivity contribution in [2.24, 2.45) is 0 Å². The Morgan fingerprint density at radius 1 is 0.706 bits per heavy atom. The minimum atomic E-state index is 1.07. The summed E-state index contributed by atoms with van der Waals surface area (Å²) >= 11 is 0. The molecule has 17 heavy (non-hydrogen) atoms. The van der Waals surface area contributed by atoms with E-state index in [0.717, 1.165) is 6.54 Å². The molecule has 0 aliphatic rings. The van der Waals surface area contributed by atoms with E-state index in [4.69, 9.17) is 0 Å². The van der Waals surface area contributed by atoms with Gasteiger partial charge in [0.15, 0.2) is 0 Å². The molecule has 0 saturated heterocycles. The van der Waals surface area contributed by atoms with E-state index in [1.54, 1.807) is 0 Å². The molecule has 0 aromatic carbocycles. The normalized spacial score (nSPS) is 10.2. The molecule has 0 heterocycles. The van der Waals surface area contributed by atoms with Crippen LogP contribution in [0.5, 0.6) is 0 Å². The fourth-order valence-electron chi connectivity index (χ4n) is 2.04. The molecule has 0 aliphatic carbocycles. The average Bonchev–Trinajstić information content (AvgIpc) is 2.36. The molecule has 0 saturated carbocycles. The second-order valence-corrected chi connectivity index (χ2v) is 4.78. The van der Waals surface area contributed by atoms with Crippen LogP contribution in [0.4, 0.5) is 0 Å². The molecule has 100 valence electrons. The van der Waals surface area contributed by atoms with Crippen molar-refractivity contribution in [3.8, 4) is 0 Å². The topological polar surface area (TPSA) is 3.24 Å². The third kappa shape index (κ3) is 11.5. The minimum absolute atomic E-state index is 1.07. The lowest BCUT2D eigenvalue weighted by Crippen LogP contribution is -2.09. The Kier molecular flexibility index (Phi) is 12.8. The molecular formula is C16H31N. The van der Waals surface area contributed by atoms with Gasteiger partial charge in [-0.25, -0.2) is 0 Å². The zero-order valence-corrected chi connectivity index (χ0v) is 11.8. The number of rotatable bonds is 13. The lowest BCUT2D eigenvalue weighted by molar-refractivity contribution is 0.466. The van der Waals surface area contributed by atoms with Gasteiger partial charge in [-0.1, -0.05) is 77.9 Å². The van der Waals surface area contributed by atoms with Gasteiger partial charge >= 0.3 is 0 Å². The molecule has 0 aromatic rings. The van der Waals surface area contributed by atoms with Crippen LogP contribution >= 0.6 is 0 Å². The number of hydrogen-bond acceptors (Lipinski definition) is 1. The summed E-state index contributed by atoms with van der Waals surface area (Å²) in [6.07, 6.45) is 17.6. The fraction of sp³-hybridized carbons (Fsp3) is 0.750. The zero-order valence-electron chi connectivity index (χ0n) is 11.8. The van der Waals surface area contributed by atoms with Gasteiger partial charge in [-0.2, -0.15) is 0 Å². The van der Waals surface area contributed by atoms with Gasteiger partial charge in [0.2, 0.25) is 0 Å². The third-order valence-electron chi connectivity index (χ3n) is 3.24. The van der Waals surface area contributed by atoms with Crippen molar-refractivity contribution in [3.63, 3.8) is 0 Å². The first-order valence-electron chi connectivity index (χ1n) is 7.36. The third-order valence-corrected chi connectivity index (χ3v) is 3.24. The van der Waals surface area contributed by atoms with Gasteiger partial charge in [0, 0.05) is 6.54 Å². The van der Waals surface area contributed by atoms with Gasteiger partial charge in [-0.15, -0.1) is 0 Å². The molecule has 0 aliphatic heterocycles. The quantitative estimate of drug-likeness (QED) is 0.382. The van der Waals surface area contributed by atoms with E-state index < -0.39 is 0 Å². The standard InChI is InChI=1S/C16H31N/c1-4-7-8-9-10-11-12-13-14-15-16-17(5-2)6-3/h5-6H,2-4,7-16H2,1H3. The molecule has 0 spiro atoms. The van der Waals surface area contributed by atoms with Crippen LogP contribution in [0.25, 0.3) is 0 Å². The number of nitrogens with zero attached hydrogens (tertiary/aromatic N) is 1. The van der Waals surface area contributed by atoms with Crippen LogP contribution in [0.1, 0.15) is 71.1 Å². The highest BCUT2D eigenvalue weighted by Crippen LogP contribution is 2.10. The van der Waals surface area contributed by atoms with E-state index in [2.05, 4.69) is 25.0 Å². The summed E-state index contributed by atoms with van der Waals surface area (Å²) in [4.78, 5) is 2.06. The van der Waals surface area contributed by atoms with Crippen molar-refractivity contribution in [2.45, 2.75) is 71.1 Å². The zero-order chi connectivity index (χ0) is 12.8. The largest absolute Gasteiger partial charge is 0.355 e. The molecule has 0 radical (unpaired) electrons. The number of unbranched alkanes of at least 4 members (excludes halogenated alkanes) is 9. The van der Waals surface area contributed by atoms with Crippen molar-refractivity contribution in [1.82, 2.24) is 4.90 Å². The molecule has 0 aromatic heterocycles. The molecule has 0 amide bonds. The van der Waals surface area contributed by atoms with Crippen LogP contribution in [0, 0.1) is 0 Å². The van der Waals surface area contributed by atoms with Crippen molar-refractivity contribution in [3.05, 3.63) is 25.6 Å². The summed E-state index contributed by atoms with van der Waals surface area (Å²) < 4.78 is 0. The van der Waals surface area contributed by atoms with Crippen molar-refractivity contribution in [2.75, 3.05) is 6.54 Å².